The van der Waals surface area contributed by atoms with Crippen LogP contribution in [0.4, 0.5) is 22.7 Å². The van der Waals surface area contributed by atoms with Crippen LogP contribution in [-0.2, 0) is 21.7 Å². The molecule has 0 N–H and O–H groups in total. The highest BCUT2D eigenvalue weighted by Crippen LogP contribution is 2.52. The van der Waals surface area contributed by atoms with Gasteiger partial charge in [0.15, 0.2) is 0 Å². The minimum absolute atomic E-state index is 0.0112. The summed E-state index contributed by atoms with van der Waals surface area (Å²) < 4.78 is 9.21. The van der Waals surface area contributed by atoms with Crippen molar-refractivity contribution in [1.29, 1.82) is 0 Å². The number of hydrogen-bond donors (Lipinski definition) is 0. The zero-order valence-corrected chi connectivity index (χ0v) is 41.4. The molecule has 5 nitrogen and oxygen atoms in total. The first-order valence-corrected chi connectivity index (χ1v) is 23.9. The summed E-state index contributed by atoms with van der Waals surface area (Å²) in [6.45, 7) is 28.1. The molecule has 0 radical (unpaired) electrons. The summed E-state index contributed by atoms with van der Waals surface area (Å²) in [6.07, 6.45) is 1.94. The molecule has 9 aromatic rings. The first-order valence-electron chi connectivity index (χ1n) is 23.9. The number of nitrogens with zero attached hydrogens (tertiary/aromatic N) is 4. The minimum atomic E-state index is -0.0290. The van der Waals surface area contributed by atoms with E-state index in [4.69, 9.17) is 9.72 Å². The van der Waals surface area contributed by atoms with Gasteiger partial charge in [-0.15, -0.1) is 0 Å². The molecule has 67 heavy (non-hydrogen) atoms. The molecule has 7 aromatic carbocycles. The van der Waals surface area contributed by atoms with Gasteiger partial charge in [-0.1, -0.05) is 156 Å². The van der Waals surface area contributed by atoms with Crippen molar-refractivity contribution in [3.05, 3.63) is 180 Å². The van der Waals surface area contributed by atoms with Gasteiger partial charge in [-0.3, -0.25) is 4.57 Å². The number of benzene rings is 7. The van der Waals surface area contributed by atoms with Gasteiger partial charge in [-0.2, -0.15) is 0 Å². The molecule has 0 bridgehead atoms. The summed E-state index contributed by atoms with van der Waals surface area (Å²) >= 11 is 0. The van der Waals surface area contributed by atoms with E-state index in [9.17, 15) is 0 Å². The summed E-state index contributed by atoms with van der Waals surface area (Å²) in [7, 11) is 0. The fourth-order valence-corrected chi connectivity index (χ4v) is 9.70. The topological polar surface area (TPSA) is 33.5 Å². The van der Waals surface area contributed by atoms with Gasteiger partial charge in [0.25, 0.3) is 0 Å². The van der Waals surface area contributed by atoms with Crippen molar-refractivity contribution in [3.8, 4) is 28.4 Å². The maximum atomic E-state index is 6.90. The van der Waals surface area contributed by atoms with Crippen LogP contribution >= 0.6 is 0 Å². The van der Waals surface area contributed by atoms with Gasteiger partial charge in [0.05, 0.1) is 22.4 Å². The molecule has 0 spiro atoms. The molecule has 0 fully saturated rings. The van der Waals surface area contributed by atoms with Crippen molar-refractivity contribution in [2.75, 3.05) is 16.5 Å². The minimum Gasteiger partial charge on any atom is -0.457 e. The third kappa shape index (κ3) is 8.13. The molecule has 2 aromatic heterocycles. The quantitative estimate of drug-likeness (QED) is 0.167. The van der Waals surface area contributed by atoms with Gasteiger partial charge >= 0.3 is 0 Å². The normalized spacial score (nSPS) is 13.6. The van der Waals surface area contributed by atoms with Crippen LogP contribution in [0.3, 0.4) is 0 Å². The van der Waals surface area contributed by atoms with E-state index >= 15 is 0 Å². The molecule has 0 saturated carbocycles. The van der Waals surface area contributed by atoms with Gasteiger partial charge in [0, 0.05) is 46.0 Å². The van der Waals surface area contributed by atoms with E-state index in [1.807, 2.05) is 6.20 Å². The monoisotopic (exact) mass is 881 g/mol. The standard InChI is InChI=1S/C62H64N4O/c1-59(2,3)41-26-29-54-53(35-41)51-28-27-48(38-56(51)66(54)57-36-42(30-31-63-57)60(4,5)6)67-47-21-16-20-45(37-47)64-39-65(46-33-43(61(7,8)9)32-44(34-46)62(10,11)12)58-52(24-17-25-55(58)64)50-23-15-19-40-18-13-14-22-49(40)50/h13-38H,39H2,1-12H3. The summed E-state index contributed by atoms with van der Waals surface area (Å²) in [6, 6.07) is 55.8. The molecule has 5 heteroatoms. The zero-order valence-electron chi connectivity index (χ0n) is 41.4. The Bertz CT molecular complexity index is 3330. The first-order chi connectivity index (χ1) is 31.7. The molecular formula is C62H64N4O. The number of fused-ring (bicyclic) bond motifs is 5. The van der Waals surface area contributed by atoms with Crippen LogP contribution in [0.15, 0.2) is 158 Å². The van der Waals surface area contributed by atoms with Gasteiger partial charge in [-0.05, 0) is 127 Å². The van der Waals surface area contributed by atoms with Crippen molar-refractivity contribution in [3.63, 3.8) is 0 Å². The van der Waals surface area contributed by atoms with Crippen LogP contribution in [-0.4, -0.2) is 16.2 Å². The Kier molecular flexibility index (Phi) is 10.4. The van der Waals surface area contributed by atoms with Crippen LogP contribution in [0, 0.1) is 0 Å². The van der Waals surface area contributed by atoms with Crippen LogP contribution in [0.5, 0.6) is 11.5 Å². The number of anilines is 4. The van der Waals surface area contributed by atoms with Crippen LogP contribution in [0.25, 0.3) is 49.5 Å². The molecule has 1 aliphatic heterocycles. The Morgan fingerprint density at radius 3 is 1.81 bits per heavy atom. The van der Waals surface area contributed by atoms with Crippen LogP contribution < -0.4 is 14.5 Å². The molecule has 338 valence electrons. The lowest BCUT2D eigenvalue weighted by Crippen LogP contribution is -2.25. The van der Waals surface area contributed by atoms with Crippen molar-refractivity contribution in [2.24, 2.45) is 0 Å². The molecule has 10 rings (SSSR count). The average molecular weight is 881 g/mol. The lowest BCUT2D eigenvalue weighted by atomic mass is 9.80. The van der Waals surface area contributed by atoms with E-state index in [-0.39, 0.29) is 21.7 Å². The SMILES string of the molecule is CC(C)(C)c1cc(N2CN(c3cccc(Oc4ccc5c6cc(C(C)(C)C)ccc6n(-c6cc(C(C)(C)C)ccn6)c5c4)c3)c3cccc(-c4cccc5ccccc45)c32)cc(C(C)(C)C)c1. The van der Waals surface area contributed by atoms with Crippen molar-refractivity contribution < 1.29 is 4.74 Å². The van der Waals surface area contributed by atoms with Gasteiger partial charge in [-0.25, -0.2) is 4.98 Å². The molecule has 3 heterocycles. The summed E-state index contributed by atoms with van der Waals surface area (Å²) in [5.41, 5.74) is 14.4. The van der Waals surface area contributed by atoms with Crippen LogP contribution in [0.1, 0.15) is 105 Å². The predicted octanol–water partition coefficient (Wildman–Crippen LogP) is 17.2. The lowest BCUT2D eigenvalue weighted by molar-refractivity contribution is 0.483. The first kappa shape index (κ1) is 44.0. The highest BCUT2D eigenvalue weighted by atomic mass is 16.5. The fraction of sp³-hybridized carbons (Fsp3) is 0.274. The number of hydrogen-bond acceptors (Lipinski definition) is 4. The van der Waals surface area contributed by atoms with E-state index < -0.39 is 0 Å². The smallest absolute Gasteiger partial charge is 0.137 e. The van der Waals surface area contributed by atoms with E-state index in [0.717, 1.165) is 39.7 Å². The van der Waals surface area contributed by atoms with Gasteiger partial charge in [0.2, 0.25) is 0 Å². The summed E-state index contributed by atoms with van der Waals surface area (Å²) in [5, 5.41) is 4.86. The van der Waals surface area contributed by atoms with Gasteiger partial charge in [0.1, 0.15) is 24.0 Å². The Morgan fingerprint density at radius 1 is 0.433 bits per heavy atom. The third-order valence-electron chi connectivity index (χ3n) is 13.7. The summed E-state index contributed by atoms with van der Waals surface area (Å²) in [5.74, 6) is 2.45. The molecule has 0 amide bonds. The molecule has 0 aliphatic carbocycles. The molecular weight excluding hydrogens is 817 g/mol. The van der Waals surface area contributed by atoms with Crippen LogP contribution in [0.2, 0.25) is 0 Å². The number of para-hydroxylation sites is 1. The average Bonchev–Trinajstić information content (AvgIpc) is 3.84. The van der Waals surface area contributed by atoms with E-state index in [2.05, 4.69) is 249 Å². The highest BCUT2D eigenvalue weighted by molar-refractivity contribution is 6.10. The maximum absolute atomic E-state index is 6.90. The number of ether oxygens (including phenoxy) is 1. The number of pyridine rings is 1. The Balaban J connectivity index is 1.09. The predicted molar refractivity (Wildman–Crippen MR) is 285 cm³/mol. The molecule has 0 unspecified atom stereocenters. The Morgan fingerprint density at radius 2 is 1.07 bits per heavy atom. The number of aromatic nitrogens is 2. The number of rotatable bonds is 6. The Labute approximate surface area is 397 Å². The molecule has 0 saturated heterocycles. The third-order valence-corrected chi connectivity index (χ3v) is 13.7. The second-order valence-corrected chi connectivity index (χ2v) is 22.7. The van der Waals surface area contributed by atoms with Crippen molar-refractivity contribution in [1.82, 2.24) is 9.55 Å². The maximum Gasteiger partial charge on any atom is 0.137 e. The highest BCUT2D eigenvalue weighted by Gasteiger charge is 2.33. The van der Waals surface area contributed by atoms with E-state index in [1.54, 1.807) is 0 Å². The zero-order chi connectivity index (χ0) is 47.2. The van der Waals surface area contributed by atoms with E-state index in [1.165, 1.54) is 66.3 Å². The van der Waals surface area contributed by atoms with Crippen molar-refractivity contribution in [2.45, 2.75) is 105 Å². The second kappa shape index (κ2) is 15.9. The van der Waals surface area contributed by atoms with Gasteiger partial charge < -0.3 is 14.5 Å². The lowest BCUT2D eigenvalue weighted by Gasteiger charge is -2.30. The molecule has 1 aliphatic rings. The second-order valence-electron chi connectivity index (χ2n) is 22.7. The largest absolute Gasteiger partial charge is 0.457 e. The van der Waals surface area contributed by atoms with Crippen molar-refractivity contribution >= 4 is 55.3 Å². The summed E-state index contributed by atoms with van der Waals surface area (Å²) in [4.78, 5) is 9.95. The van der Waals surface area contributed by atoms with E-state index in [0.29, 0.717) is 6.67 Å². The molecule has 0 atom stereocenters. The Hall–Kier alpha value is -6.85. The fourth-order valence-electron chi connectivity index (χ4n) is 9.70.